The van der Waals surface area contributed by atoms with Crippen LogP contribution in [0.25, 0.3) is 0 Å². The van der Waals surface area contributed by atoms with E-state index in [-0.39, 0.29) is 17.6 Å². The molecule has 2 atom stereocenters. The van der Waals surface area contributed by atoms with E-state index in [1.54, 1.807) is 31.4 Å². The molecule has 1 N–H and O–H groups in total. The molecule has 0 radical (unpaired) electrons. The van der Waals surface area contributed by atoms with Gasteiger partial charge in [-0.05, 0) is 60.9 Å². The molecule has 0 bridgehead atoms. The Hall–Kier alpha value is -2.61. The molecule has 0 saturated heterocycles. The number of halogens is 2. The fourth-order valence-electron chi connectivity index (χ4n) is 2.87. The second-order valence-corrected chi connectivity index (χ2v) is 7.06. The van der Waals surface area contributed by atoms with Gasteiger partial charge in [0.25, 0.3) is 6.43 Å². The molecule has 27 heavy (non-hydrogen) atoms. The smallest absolute Gasteiger partial charge is 0.282 e. The fraction of sp³-hybridized carbons (Fsp3) is 0.316. The van der Waals surface area contributed by atoms with Crippen LogP contribution in [-0.4, -0.2) is 20.7 Å². The van der Waals surface area contributed by atoms with Crippen LogP contribution in [0.1, 0.15) is 48.1 Å². The molecule has 3 aromatic rings. The minimum Gasteiger partial charge on any atom is -0.346 e. The Morgan fingerprint density at radius 1 is 1.30 bits per heavy atom. The molecule has 5 nitrogen and oxygen atoms in total. The normalized spacial score (nSPS) is 13.5. The van der Waals surface area contributed by atoms with E-state index in [0.29, 0.717) is 12.1 Å². The van der Waals surface area contributed by atoms with Gasteiger partial charge in [0.1, 0.15) is 11.7 Å². The molecular weight excluding hydrogens is 370 g/mol. The van der Waals surface area contributed by atoms with Crippen molar-refractivity contribution in [2.45, 2.75) is 38.8 Å². The second-order valence-electron chi connectivity index (χ2n) is 6.28. The Labute approximate surface area is 160 Å². The van der Waals surface area contributed by atoms with E-state index < -0.39 is 12.5 Å². The fourth-order valence-corrected chi connectivity index (χ4v) is 3.55. The number of carbonyl (C=O) groups excluding carboxylic acids is 1. The van der Waals surface area contributed by atoms with Crippen molar-refractivity contribution in [3.05, 3.63) is 69.9 Å². The van der Waals surface area contributed by atoms with Crippen LogP contribution in [0.2, 0.25) is 0 Å². The standard InChI is InChI=1S/C19H20F2N4OS/c1-12-9-17(18(20)21)24-25(12)13(2)19(26)23-16(10-14-6-8-27-11-14)15-5-3-4-7-22-15/h3-9,11,13,16,18H,10H2,1-2H3,(H,23,26)/t13-,16-/m1/s1. The van der Waals surface area contributed by atoms with Gasteiger partial charge in [0.05, 0.1) is 11.7 Å². The Morgan fingerprint density at radius 3 is 2.70 bits per heavy atom. The highest BCUT2D eigenvalue weighted by Crippen LogP contribution is 2.22. The van der Waals surface area contributed by atoms with Crippen LogP contribution < -0.4 is 5.32 Å². The highest BCUT2D eigenvalue weighted by molar-refractivity contribution is 7.07. The number of hydrogen-bond acceptors (Lipinski definition) is 4. The number of hydrogen-bond donors (Lipinski definition) is 1. The summed E-state index contributed by atoms with van der Waals surface area (Å²) in [5.74, 6) is -0.298. The van der Waals surface area contributed by atoms with Gasteiger partial charge in [-0.1, -0.05) is 6.07 Å². The summed E-state index contributed by atoms with van der Waals surface area (Å²) in [6.07, 6.45) is -0.391. The summed E-state index contributed by atoms with van der Waals surface area (Å²) in [5, 5.41) is 10.9. The van der Waals surface area contributed by atoms with Crippen molar-refractivity contribution >= 4 is 17.2 Å². The molecule has 0 spiro atoms. The van der Waals surface area contributed by atoms with Crippen LogP contribution >= 0.6 is 11.3 Å². The van der Waals surface area contributed by atoms with Gasteiger partial charge >= 0.3 is 0 Å². The van der Waals surface area contributed by atoms with E-state index in [1.165, 1.54) is 10.7 Å². The first kappa shape index (κ1) is 19.2. The van der Waals surface area contributed by atoms with Crippen molar-refractivity contribution in [1.82, 2.24) is 20.1 Å². The molecule has 0 aliphatic rings. The van der Waals surface area contributed by atoms with E-state index >= 15 is 0 Å². The first-order valence-corrected chi connectivity index (χ1v) is 9.46. The maximum Gasteiger partial charge on any atom is 0.282 e. The predicted octanol–water partition coefficient (Wildman–Crippen LogP) is 4.25. The highest BCUT2D eigenvalue weighted by atomic mass is 32.1. The number of pyridine rings is 1. The molecule has 0 fully saturated rings. The summed E-state index contributed by atoms with van der Waals surface area (Å²) in [6, 6.07) is 7.81. The van der Waals surface area contributed by atoms with Crippen LogP contribution in [0, 0.1) is 6.92 Å². The van der Waals surface area contributed by atoms with Gasteiger partial charge in [-0.25, -0.2) is 8.78 Å². The SMILES string of the molecule is Cc1cc(C(F)F)nn1[C@H](C)C(=O)N[C@H](Cc1ccsc1)c1ccccn1. The van der Waals surface area contributed by atoms with E-state index in [4.69, 9.17) is 0 Å². The monoisotopic (exact) mass is 390 g/mol. The summed E-state index contributed by atoms with van der Waals surface area (Å²) in [6.45, 7) is 3.30. The number of thiophene rings is 1. The molecule has 3 rings (SSSR count). The number of carbonyl (C=O) groups is 1. The van der Waals surface area contributed by atoms with Gasteiger partial charge in [0.2, 0.25) is 5.91 Å². The lowest BCUT2D eigenvalue weighted by Crippen LogP contribution is -2.36. The van der Waals surface area contributed by atoms with E-state index in [1.807, 2.05) is 35.0 Å². The van der Waals surface area contributed by atoms with Gasteiger partial charge in [0.15, 0.2) is 0 Å². The van der Waals surface area contributed by atoms with Crippen molar-refractivity contribution in [2.75, 3.05) is 0 Å². The lowest BCUT2D eigenvalue weighted by atomic mass is 10.0. The van der Waals surface area contributed by atoms with E-state index in [0.717, 1.165) is 11.3 Å². The molecule has 0 aliphatic heterocycles. The summed E-state index contributed by atoms with van der Waals surface area (Å²) in [4.78, 5) is 17.2. The van der Waals surface area contributed by atoms with Crippen molar-refractivity contribution in [3.8, 4) is 0 Å². The van der Waals surface area contributed by atoms with Crippen LogP contribution in [0.5, 0.6) is 0 Å². The van der Waals surface area contributed by atoms with Gasteiger partial charge < -0.3 is 5.32 Å². The first-order valence-electron chi connectivity index (χ1n) is 8.52. The topological polar surface area (TPSA) is 59.8 Å². The van der Waals surface area contributed by atoms with E-state index in [9.17, 15) is 13.6 Å². The number of nitrogens with one attached hydrogen (secondary N) is 1. The number of amides is 1. The van der Waals surface area contributed by atoms with Crippen molar-refractivity contribution in [3.63, 3.8) is 0 Å². The Bertz CT molecular complexity index is 881. The number of nitrogens with zero attached hydrogens (tertiary/aromatic N) is 3. The molecule has 142 valence electrons. The number of alkyl halides is 2. The molecule has 3 heterocycles. The Balaban J connectivity index is 1.79. The lowest BCUT2D eigenvalue weighted by molar-refractivity contribution is -0.125. The Morgan fingerprint density at radius 2 is 2.11 bits per heavy atom. The quantitative estimate of drug-likeness (QED) is 0.656. The molecule has 0 saturated carbocycles. The molecular formula is C19H20F2N4OS. The maximum absolute atomic E-state index is 12.9. The average molecular weight is 390 g/mol. The van der Waals surface area contributed by atoms with E-state index in [2.05, 4.69) is 15.4 Å². The third-order valence-electron chi connectivity index (χ3n) is 4.29. The number of aryl methyl sites for hydroxylation is 1. The van der Waals surface area contributed by atoms with Gasteiger partial charge in [-0.2, -0.15) is 16.4 Å². The zero-order valence-corrected chi connectivity index (χ0v) is 15.8. The zero-order valence-electron chi connectivity index (χ0n) is 15.0. The molecule has 0 aromatic carbocycles. The van der Waals surface area contributed by atoms with Crippen LogP contribution in [0.15, 0.2) is 47.3 Å². The lowest BCUT2D eigenvalue weighted by Gasteiger charge is -2.21. The van der Waals surface area contributed by atoms with Crippen LogP contribution in [-0.2, 0) is 11.2 Å². The summed E-state index contributed by atoms with van der Waals surface area (Å²) in [7, 11) is 0. The second kappa shape index (κ2) is 8.39. The Kier molecular flexibility index (Phi) is 5.95. The highest BCUT2D eigenvalue weighted by Gasteiger charge is 2.24. The molecule has 8 heteroatoms. The van der Waals surface area contributed by atoms with Crippen LogP contribution in [0.3, 0.4) is 0 Å². The summed E-state index contributed by atoms with van der Waals surface area (Å²) < 4.78 is 27.1. The molecule has 0 unspecified atom stereocenters. The maximum atomic E-state index is 12.9. The van der Waals surface area contributed by atoms with Crippen molar-refractivity contribution < 1.29 is 13.6 Å². The largest absolute Gasteiger partial charge is 0.346 e. The van der Waals surface area contributed by atoms with Gasteiger partial charge in [0, 0.05) is 11.9 Å². The first-order chi connectivity index (χ1) is 13.0. The third kappa shape index (κ3) is 4.57. The minimum atomic E-state index is -2.67. The average Bonchev–Trinajstić information content (AvgIpc) is 3.30. The summed E-state index contributed by atoms with van der Waals surface area (Å²) in [5.41, 5.74) is 2.03. The number of aromatic nitrogens is 3. The van der Waals surface area contributed by atoms with Gasteiger partial charge in [-0.3, -0.25) is 14.5 Å². The number of rotatable bonds is 7. The molecule has 3 aromatic heterocycles. The van der Waals surface area contributed by atoms with Crippen molar-refractivity contribution in [2.24, 2.45) is 0 Å². The summed E-state index contributed by atoms with van der Waals surface area (Å²) >= 11 is 1.59. The zero-order chi connectivity index (χ0) is 19.4. The molecule has 1 amide bonds. The van der Waals surface area contributed by atoms with Crippen LogP contribution in [0.4, 0.5) is 8.78 Å². The minimum absolute atomic E-state index is 0.298. The predicted molar refractivity (Wildman–Crippen MR) is 99.8 cm³/mol. The van der Waals surface area contributed by atoms with Crippen molar-refractivity contribution in [1.29, 1.82) is 0 Å². The third-order valence-corrected chi connectivity index (χ3v) is 5.02. The molecule has 0 aliphatic carbocycles. The van der Waals surface area contributed by atoms with Gasteiger partial charge in [-0.15, -0.1) is 0 Å².